The third-order valence-corrected chi connectivity index (χ3v) is 6.17. The molecule has 4 aromatic rings. The van der Waals surface area contributed by atoms with Crippen molar-refractivity contribution in [2.45, 2.75) is 37.2 Å². The molecule has 0 saturated carbocycles. The molecule has 2 aromatic carbocycles. The number of hydrogen-bond acceptors (Lipinski definition) is 5. The zero-order valence-electron chi connectivity index (χ0n) is 17.2. The van der Waals surface area contributed by atoms with Crippen molar-refractivity contribution in [1.29, 1.82) is 0 Å². The number of nitrogens with one attached hydrogen (secondary N) is 1. The third-order valence-electron chi connectivity index (χ3n) is 4.77. The fourth-order valence-electron chi connectivity index (χ4n) is 3.17. The number of fused-ring (bicyclic) bond motifs is 1. The Morgan fingerprint density at radius 1 is 1.13 bits per heavy atom. The first-order valence-electron chi connectivity index (χ1n) is 9.57. The molecule has 1 amide bonds. The van der Waals surface area contributed by atoms with E-state index >= 15 is 0 Å². The van der Waals surface area contributed by atoms with Gasteiger partial charge in [-0.2, -0.15) is 0 Å². The van der Waals surface area contributed by atoms with E-state index in [-0.39, 0.29) is 12.5 Å². The predicted octanol–water partition coefficient (Wildman–Crippen LogP) is 4.26. The zero-order chi connectivity index (χ0) is 22.1. The summed E-state index contributed by atoms with van der Waals surface area (Å²) in [6.07, 6.45) is 3.11. The zero-order valence-corrected chi connectivity index (χ0v) is 18.8. The average Bonchev–Trinajstić information content (AvgIpc) is 3.03. The number of carbonyl (C=O) groups excluding carboxylic acids is 1. The standard InChI is InChI=1S/C22H20ClN5O2S/c1-13-4-7-18(15(3)10-13)31-21-20-26-28(22(30)27(20)9-8-24-21)12-19(29)25-17-11-16(23)6-5-14(17)2/h4-11H,12H2,1-3H3,(H,25,29). The van der Waals surface area contributed by atoms with Crippen LogP contribution in [0.15, 0.2) is 63.5 Å². The lowest BCUT2D eigenvalue weighted by Crippen LogP contribution is -2.28. The van der Waals surface area contributed by atoms with Gasteiger partial charge in [-0.15, -0.1) is 5.10 Å². The van der Waals surface area contributed by atoms with Gasteiger partial charge in [0.15, 0.2) is 5.65 Å². The van der Waals surface area contributed by atoms with E-state index in [1.165, 1.54) is 21.7 Å². The Labute approximate surface area is 188 Å². The van der Waals surface area contributed by atoms with Crippen molar-refractivity contribution in [2.75, 3.05) is 5.32 Å². The highest BCUT2D eigenvalue weighted by atomic mass is 35.5. The fraction of sp³-hybridized carbons (Fsp3) is 0.182. The summed E-state index contributed by atoms with van der Waals surface area (Å²) < 4.78 is 2.54. The minimum absolute atomic E-state index is 0.222. The molecular weight excluding hydrogens is 434 g/mol. The molecule has 1 N–H and O–H groups in total. The monoisotopic (exact) mass is 453 g/mol. The summed E-state index contributed by atoms with van der Waals surface area (Å²) in [4.78, 5) is 30.8. The van der Waals surface area contributed by atoms with E-state index < -0.39 is 5.69 Å². The molecular formula is C22H20ClN5O2S. The number of benzene rings is 2. The van der Waals surface area contributed by atoms with Crippen LogP contribution >= 0.6 is 23.4 Å². The van der Waals surface area contributed by atoms with Crippen LogP contribution in [0.1, 0.15) is 16.7 Å². The molecule has 0 atom stereocenters. The van der Waals surface area contributed by atoms with E-state index in [1.807, 2.05) is 39.0 Å². The summed E-state index contributed by atoms with van der Waals surface area (Å²) in [5.41, 5.74) is 3.77. The number of hydrogen-bond donors (Lipinski definition) is 1. The van der Waals surface area contributed by atoms with E-state index in [0.717, 1.165) is 20.7 Å². The van der Waals surface area contributed by atoms with E-state index in [9.17, 15) is 9.59 Å². The molecule has 0 aliphatic heterocycles. The molecule has 4 rings (SSSR count). The minimum Gasteiger partial charge on any atom is -0.324 e. The summed E-state index contributed by atoms with van der Waals surface area (Å²) in [5, 5.41) is 8.27. The van der Waals surface area contributed by atoms with E-state index in [2.05, 4.69) is 21.5 Å². The van der Waals surface area contributed by atoms with Crippen LogP contribution in [0.25, 0.3) is 5.65 Å². The number of aromatic nitrogens is 4. The van der Waals surface area contributed by atoms with Gasteiger partial charge in [-0.05, 0) is 50.1 Å². The predicted molar refractivity (Wildman–Crippen MR) is 122 cm³/mol. The van der Waals surface area contributed by atoms with Crippen molar-refractivity contribution in [3.8, 4) is 0 Å². The second kappa shape index (κ2) is 8.56. The molecule has 158 valence electrons. The number of nitrogens with zero attached hydrogens (tertiary/aromatic N) is 4. The Morgan fingerprint density at radius 3 is 2.71 bits per heavy atom. The molecule has 9 heteroatoms. The van der Waals surface area contributed by atoms with Crippen LogP contribution < -0.4 is 11.0 Å². The van der Waals surface area contributed by atoms with Crippen LogP contribution in [0.2, 0.25) is 5.02 Å². The minimum atomic E-state index is -0.405. The average molecular weight is 454 g/mol. The van der Waals surface area contributed by atoms with Gasteiger partial charge in [0.2, 0.25) is 5.91 Å². The molecule has 0 aliphatic rings. The Bertz CT molecular complexity index is 1360. The van der Waals surface area contributed by atoms with E-state index in [0.29, 0.717) is 21.4 Å². The molecule has 7 nitrogen and oxygen atoms in total. The van der Waals surface area contributed by atoms with Crippen LogP contribution in [-0.4, -0.2) is 25.1 Å². The first-order valence-corrected chi connectivity index (χ1v) is 10.8. The maximum absolute atomic E-state index is 12.8. The van der Waals surface area contributed by atoms with Gasteiger partial charge in [-0.25, -0.2) is 18.9 Å². The summed E-state index contributed by atoms with van der Waals surface area (Å²) in [6.45, 7) is 5.71. The number of rotatable bonds is 5. The van der Waals surface area contributed by atoms with Gasteiger partial charge in [0.1, 0.15) is 11.6 Å². The molecule has 0 unspecified atom stereocenters. The Balaban J connectivity index is 1.62. The maximum atomic E-state index is 12.8. The van der Waals surface area contributed by atoms with Crippen LogP contribution in [-0.2, 0) is 11.3 Å². The number of carbonyl (C=O) groups is 1. The molecule has 2 heterocycles. The Kier molecular flexibility index (Phi) is 5.84. The lowest BCUT2D eigenvalue weighted by atomic mass is 10.2. The summed E-state index contributed by atoms with van der Waals surface area (Å²) >= 11 is 7.45. The van der Waals surface area contributed by atoms with Gasteiger partial charge in [0.25, 0.3) is 0 Å². The van der Waals surface area contributed by atoms with Crippen LogP contribution in [0.5, 0.6) is 0 Å². The van der Waals surface area contributed by atoms with E-state index in [1.54, 1.807) is 24.5 Å². The largest absolute Gasteiger partial charge is 0.350 e. The first-order chi connectivity index (χ1) is 14.8. The van der Waals surface area contributed by atoms with E-state index in [4.69, 9.17) is 11.6 Å². The third kappa shape index (κ3) is 4.50. The van der Waals surface area contributed by atoms with Crippen molar-refractivity contribution in [3.05, 3.63) is 81.0 Å². The van der Waals surface area contributed by atoms with Crippen molar-refractivity contribution >= 4 is 40.6 Å². The van der Waals surface area contributed by atoms with Crippen molar-refractivity contribution < 1.29 is 4.79 Å². The van der Waals surface area contributed by atoms with Gasteiger partial charge in [0, 0.05) is 28.0 Å². The number of anilines is 1. The molecule has 2 aromatic heterocycles. The smallest absolute Gasteiger partial charge is 0.324 e. The molecule has 0 aliphatic carbocycles. The summed E-state index contributed by atoms with van der Waals surface area (Å²) in [5.74, 6) is -0.368. The van der Waals surface area contributed by atoms with Crippen molar-refractivity contribution in [1.82, 2.24) is 19.2 Å². The molecule has 0 spiro atoms. The van der Waals surface area contributed by atoms with Gasteiger partial charge < -0.3 is 5.32 Å². The highest BCUT2D eigenvalue weighted by Gasteiger charge is 2.16. The van der Waals surface area contributed by atoms with Gasteiger partial charge in [-0.1, -0.05) is 47.1 Å². The summed E-state index contributed by atoms with van der Waals surface area (Å²) in [7, 11) is 0. The fourth-order valence-corrected chi connectivity index (χ4v) is 4.25. The molecule has 0 fully saturated rings. The molecule has 0 bridgehead atoms. The number of aryl methyl sites for hydroxylation is 3. The number of amides is 1. The highest BCUT2D eigenvalue weighted by Crippen LogP contribution is 2.31. The lowest BCUT2D eigenvalue weighted by molar-refractivity contribution is -0.117. The maximum Gasteiger partial charge on any atom is 0.350 e. The first kappa shape index (κ1) is 21.1. The molecule has 0 radical (unpaired) electrons. The SMILES string of the molecule is Cc1ccc(Sc2nccn3c(=O)n(CC(=O)Nc4cc(Cl)ccc4C)nc23)c(C)c1. The van der Waals surface area contributed by atoms with Crippen molar-refractivity contribution in [2.24, 2.45) is 0 Å². The molecule has 0 saturated heterocycles. The van der Waals surface area contributed by atoms with Crippen LogP contribution in [0.4, 0.5) is 5.69 Å². The second-order valence-electron chi connectivity index (χ2n) is 7.24. The number of halogens is 1. The van der Waals surface area contributed by atoms with Crippen molar-refractivity contribution in [3.63, 3.8) is 0 Å². The van der Waals surface area contributed by atoms with Gasteiger partial charge in [0.05, 0.1) is 0 Å². The van der Waals surface area contributed by atoms with Crippen LogP contribution in [0.3, 0.4) is 0 Å². The van der Waals surface area contributed by atoms with Gasteiger partial charge in [-0.3, -0.25) is 4.79 Å². The Hall–Kier alpha value is -3.10. The summed E-state index contributed by atoms with van der Waals surface area (Å²) in [6, 6.07) is 11.4. The normalized spacial score (nSPS) is 11.1. The molecule has 31 heavy (non-hydrogen) atoms. The quantitative estimate of drug-likeness (QED) is 0.488. The van der Waals surface area contributed by atoms with Gasteiger partial charge >= 0.3 is 5.69 Å². The topological polar surface area (TPSA) is 81.3 Å². The lowest BCUT2D eigenvalue weighted by Gasteiger charge is -2.08. The highest BCUT2D eigenvalue weighted by molar-refractivity contribution is 7.99. The second-order valence-corrected chi connectivity index (χ2v) is 8.71. The van der Waals surface area contributed by atoms with Crippen LogP contribution in [0, 0.1) is 20.8 Å². The Morgan fingerprint density at radius 2 is 1.94 bits per heavy atom.